The molecule has 0 saturated heterocycles. The van der Waals surface area contributed by atoms with Crippen molar-refractivity contribution in [3.63, 3.8) is 0 Å². The fourth-order valence-corrected chi connectivity index (χ4v) is 3.04. The highest BCUT2D eigenvalue weighted by molar-refractivity contribution is 5.92. The molecular weight excluding hydrogens is 346 g/mol. The molecule has 1 atom stereocenters. The van der Waals surface area contributed by atoms with E-state index in [1.54, 1.807) is 6.20 Å². The Morgan fingerprint density at radius 3 is 2.21 bits per heavy atom. The van der Waals surface area contributed by atoms with Crippen molar-refractivity contribution in [1.82, 2.24) is 10.3 Å². The first-order valence-electron chi connectivity index (χ1n) is 9.53. The Morgan fingerprint density at radius 2 is 1.61 bits per heavy atom. The summed E-state index contributed by atoms with van der Waals surface area (Å²) in [7, 11) is 0. The topological polar surface area (TPSA) is 54.0 Å². The van der Waals surface area contributed by atoms with E-state index in [2.05, 4.69) is 48.5 Å². The van der Waals surface area contributed by atoms with Crippen molar-refractivity contribution in [2.75, 3.05) is 11.9 Å². The van der Waals surface area contributed by atoms with Gasteiger partial charge in [-0.1, -0.05) is 69.3 Å². The van der Waals surface area contributed by atoms with Crippen LogP contribution in [0.1, 0.15) is 43.6 Å². The second-order valence-corrected chi connectivity index (χ2v) is 7.85. The number of anilines is 1. The minimum absolute atomic E-state index is 0.0830. The second-order valence-electron chi connectivity index (χ2n) is 7.85. The molecular formula is C24H27N3O. The van der Waals surface area contributed by atoms with Crippen LogP contribution in [-0.2, 0) is 10.2 Å². The first kappa shape index (κ1) is 19.8. The van der Waals surface area contributed by atoms with Crippen LogP contribution in [0.3, 0.4) is 0 Å². The first-order chi connectivity index (χ1) is 13.4. The normalized spacial score (nSPS) is 12.4. The van der Waals surface area contributed by atoms with Gasteiger partial charge in [-0.25, -0.2) is 0 Å². The molecule has 0 radical (unpaired) electrons. The molecule has 28 heavy (non-hydrogen) atoms. The van der Waals surface area contributed by atoms with Crippen LogP contribution in [0, 0.1) is 0 Å². The molecule has 0 spiro atoms. The van der Waals surface area contributed by atoms with E-state index >= 15 is 0 Å². The summed E-state index contributed by atoms with van der Waals surface area (Å²) in [4.78, 5) is 16.9. The summed E-state index contributed by atoms with van der Waals surface area (Å²) in [6.45, 7) is 6.71. The maximum atomic E-state index is 12.5. The van der Waals surface area contributed by atoms with Crippen molar-refractivity contribution in [2.24, 2.45) is 0 Å². The third kappa shape index (κ3) is 5.27. The molecule has 0 aliphatic rings. The molecule has 4 nitrogen and oxygen atoms in total. The van der Waals surface area contributed by atoms with E-state index in [0.717, 1.165) is 16.9 Å². The number of hydrogen-bond acceptors (Lipinski definition) is 3. The molecule has 0 saturated carbocycles. The van der Waals surface area contributed by atoms with E-state index in [0.29, 0.717) is 0 Å². The van der Waals surface area contributed by atoms with Crippen molar-refractivity contribution in [3.8, 4) is 0 Å². The monoisotopic (exact) mass is 373 g/mol. The zero-order valence-electron chi connectivity index (χ0n) is 16.6. The van der Waals surface area contributed by atoms with Crippen LogP contribution in [0.5, 0.6) is 0 Å². The Kier molecular flexibility index (Phi) is 6.22. The summed E-state index contributed by atoms with van der Waals surface area (Å²) < 4.78 is 0. The highest BCUT2D eigenvalue weighted by atomic mass is 16.1. The van der Waals surface area contributed by atoms with E-state index in [-0.39, 0.29) is 23.9 Å². The van der Waals surface area contributed by atoms with Crippen LogP contribution >= 0.6 is 0 Å². The molecule has 1 amide bonds. The molecule has 0 aliphatic carbocycles. The van der Waals surface area contributed by atoms with E-state index in [1.807, 2.05) is 60.7 Å². The molecule has 3 rings (SSSR count). The standard InChI is InChI=1S/C24H27N3O/c1-24(2,3)19-12-14-20(15-13-19)27-22(28)17-26-23(18-9-5-4-6-10-18)21-11-7-8-16-25-21/h4-16,23,26H,17H2,1-3H3,(H,27,28). The zero-order valence-corrected chi connectivity index (χ0v) is 16.6. The van der Waals surface area contributed by atoms with Gasteiger partial charge in [0.25, 0.3) is 0 Å². The number of amides is 1. The quantitative estimate of drug-likeness (QED) is 0.659. The van der Waals surface area contributed by atoms with Crippen molar-refractivity contribution >= 4 is 11.6 Å². The minimum Gasteiger partial charge on any atom is -0.325 e. The summed E-state index contributed by atoms with van der Waals surface area (Å²) in [6, 6.07) is 23.7. The lowest BCUT2D eigenvalue weighted by molar-refractivity contribution is -0.115. The van der Waals surface area contributed by atoms with E-state index < -0.39 is 0 Å². The molecule has 4 heteroatoms. The molecule has 144 valence electrons. The van der Waals surface area contributed by atoms with Gasteiger partial charge in [0.15, 0.2) is 0 Å². The van der Waals surface area contributed by atoms with Crippen LogP contribution in [0.25, 0.3) is 0 Å². The van der Waals surface area contributed by atoms with Crippen molar-refractivity contribution < 1.29 is 4.79 Å². The van der Waals surface area contributed by atoms with E-state index in [4.69, 9.17) is 0 Å². The summed E-state index contributed by atoms with van der Waals surface area (Å²) >= 11 is 0. The molecule has 0 bridgehead atoms. The SMILES string of the molecule is CC(C)(C)c1ccc(NC(=O)CNC(c2ccccc2)c2ccccn2)cc1. The van der Waals surface area contributed by atoms with Crippen LogP contribution in [-0.4, -0.2) is 17.4 Å². The summed E-state index contributed by atoms with van der Waals surface area (Å²) in [5.74, 6) is -0.0830. The minimum atomic E-state index is -0.142. The molecule has 2 aromatic carbocycles. The number of carbonyl (C=O) groups excluding carboxylic acids is 1. The number of pyridine rings is 1. The van der Waals surface area contributed by atoms with Crippen molar-refractivity contribution in [2.45, 2.75) is 32.2 Å². The van der Waals surface area contributed by atoms with Crippen LogP contribution in [0.2, 0.25) is 0 Å². The Morgan fingerprint density at radius 1 is 0.929 bits per heavy atom. The molecule has 1 heterocycles. The van der Waals surface area contributed by atoms with Gasteiger partial charge in [-0.2, -0.15) is 0 Å². The average molecular weight is 374 g/mol. The van der Waals surface area contributed by atoms with E-state index in [9.17, 15) is 4.79 Å². The van der Waals surface area contributed by atoms with Crippen LogP contribution in [0.15, 0.2) is 79.0 Å². The third-order valence-electron chi connectivity index (χ3n) is 4.62. The first-order valence-corrected chi connectivity index (χ1v) is 9.53. The molecule has 3 aromatic rings. The highest BCUT2D eigenvalue weighted by Crippen LogP contribution is 2.23. The van der Waals surface area contributed by atoms with Gasteiger partial charge in [0.05, 0.1) is 18.3 Å². The molecule has 0 fully saturated rings. The van der Waals surface area contributed by atoms with Gasteiger partial charge < -0.3 is 5.32 Å². The fraction of sp³-hybridized carbons (Fsp3) is 0.250. The van der Waals surface area contributed by atoms with Gasteiger partial charge in [-0.05, 0) is 40.8 Å². The number of carbonyl (C=O) groups is 1. The van der Waals surface area contributed by atoms with Gasteiger partial charge in [0.2, 0.25) is 5.91 Å². The summed E-state index contributed by atoms with van der Waals surface area (Å²) in [6.07, 6.45) is 1.77. The molecule has 1 aromatic heterocycles. The van der Waals surface area contributed by atoms with Gasteiger partial charge in [-0.3, -0.25) is 15.1 Å². The van der Waals surface area contributed by atoms with Crippen LogP contribution in [0.4, 0.5) is 5.69 Å². The molecule has 0 aliphatic heterocycles. The number of benzene rings is 2. The Bertz CT molecular complexity index is 845. The Labute approximate surface area is 167 Å². The van der Waals surface area contributed by atoms with Crippen LogP contribution < -0.4 is 10.6 Å². The van der Waals surface area contributed by atoms with Gasteiger partial charge >= 0.3 is 0 Å². The number of aromatic nitrogens is 1. The fourth-order valence-electron chi connectivity index (χ4n) is 3.04. The maximum absolute atomic E-state index is 12.5. The molecule has 1 unspecified atom stereocenters. The lowest BCUT2D eigenvalue weighted by Crippen LogP contribution is -2.32. The predicted molar refractivity (Wildman–Crippen MR) is 114 cm³/mol. The third-order valence-corrected chi connectivity index (χ3v) is 4.62. The predicted octanol–water partition coefficient (Wildman–Crippen LogP) is 4.70. The summed E-state index contributed by atoms with van der Waals surface area (Å²) in [5.41, 5.74) is 4.09. The lowest BCUT2D eigenvalue weighted by atomic mass is 9.87. The Hall–Kier alpha value is -2.98. The largest absolute Gasteiger partial charge is 0.325 e. The van der Waals surface area contributed by atoms with E-state index in [1.165, 1.54) is 5.56 Å². The second kappa shape index (κ2) is 8.81. The average Bonchev–Trinajstić information content (AvgIpc) is 2.69. The lowest BCUT2D eigenvalue weighted by Gasteiger charge is -2.20. The smallest absolute Gasteiger partial charge is 0.238 e. The van der Waals surface area contributed by atoms with Crippen molar-refractivity contribution in [1.29, 1.82) is 0 Å². The van der Waals surface area contributed by atoms with Gasteiger partial charge in [-0.15, -0.1) is 0 Å². The number of nitrogens with one attached hydrogen (secondary N) is 2. The summed E-state index contributed by atoms with van der Waals surface area (Å²) in [5, 5.41) is 6.29. The number of nitrogens with zero attached hydrogens (tertiary/aromatic N) is 1. The van der Waals surface area contributed by atoms with Crippen molar-refractivity contribution in [3.05, 3.63) is 95.8 Å². The molecule has 2 N–H and O–H groups in total. The Balaban J connectivity index is 1.65. The van der Waals surface area contributed by atoms with Gasteiger partial charge in [0, 0.05) is 11.9 Å². The maximum Gasteiger partial charge on any atom is 0.238 e. The number of rotatable bonds is 6. The number of hydrogen-bond donors (Lipinski definition) is 2. The highest BCUT2D eigenvalue weighted by Gasteiger charge is 2.16. The van der Waals surface area contributed by atoms with Gasteiger partial charge in [0.1, 0.15) is 0 Å². The zero-order chi connectivity index (χ0) is 20.0.